The second-order valence-electron chi connectivity index (χ2n) is 7.05. The molecule has 0 radical (unpaired) electrons. The fourth-order valence-corrected chi connectivity index (χ4v) is 4.06. The molecule has 4 nitrogen and oxygen atoms in total. The third kappa shape index (κ3) is 4.57. The number of amides is 1. The van der Waals surface area contributed by atoms with Crippen molar-refractivity contribution in [2.45, 2.75) is 19.4 Å². The fourth-order valence-electron chi connectivity index (χ4n) is 3.86. The zero-order valence-corrected chi connectivity index (χ0v) is 16.9. The van der Waals surface area contributed by atoms with Gasteiger partial charge in [0.15, 0.2) is 0 Å². The Morgan fingerprint density at radius 2 is 1.74 bits per heavy atom. The Morgan fingerprint density at radius 1 is 1.00 bits per heavy atom. The molecule has 6 heteroatoms. The highest BCUT2D eigenvalue weighted by Gasteiger charge is 2.23. The number of halogens is 2. The van der Waals surface area contributed by atoms with Gasteiger partial charge in [0.05, 0.1) is 6.42 Å². The zero-order chi connectivity index (χ0) is 17.9. The molecule has 0 saturated carbocycles. The number of hydrogen-bond donors (Lipinski definition) is 1. The summed E-state index contributed by atoms with van der Waals surface area (Å²) in [7, 11) is 0. The Bertz CT molecular complexity index is 804. The number of nitrogens with one attached hydrogen (secondary N) is 1. The lowest BCUT2D eigenvalue weighted by molar-refractivity contribution is -0.132. The SMILES string of the molecule is Cl.O=C(Cc1ccccc1Cl)N1CCN(Cc2cccc3c2NCC3)CC1. The van der Waals surface area contributed by atoms with E-state index in [0.717, 1.165) is 51.3 Å². The molecule has 4 rings (SSSR count). The van der Waals surface area contributed by atoms with Crippen molar-refractivity contribution in [1.82, 2.24) is 9.80 Å². The number of fused-ring (bicyclic) bond motifs is 1. The minimum atomic E-state index is 0. The van der Waals surface area contributed by atoms with Crippen LogP contribution >= 0.6 is 24.0 Å². The molecule has 0 unspecified atom stereocenters. The minimum absolute atomic E-state index is 0. The molecule has 2 aliphatic rings. The van der Waals surface area contributed by atoms with Crippen molar-refractivity contribution in [3.8, 4) is 0 Å². The van der Waals surface area contributed by atoms with E-state index in [4.69, 9.17) is 11.6 Å². The summed E-state index contributed by atoms with van der Waals surface area (Å²) in [5.74, 6) is 0.167. The molecule has 2 aromatic rings. The van der Waals surface area contributed by atoms with Gasteiger partial charge < -0.3 is 10.2 Å². The first-order valence-corrected chi connectivity index (χ1v) is 9.66. The molecule has 0 spiro atoms. The lowest BCUT2D eigenvalue weighted by Gasteiger charge is -2.35. The summed E-state index contributed by atoms with van der Waals surface area (Å²) in [6.07, 6.45) is 1.50. The number of hydrogen-bond acceptors (Lipinski definition) is 3. The number of piperazine rings is 1. The lowest BCUT2D eigenvalue weighted by atomic mass is 10.1. The van der Waals surface area contributed by atoms with Crippen LogP contribution in [0.4, 0.5) is 5.69 Å². The largest absolute Gasteiger partial charge is 0.384 e. The number of benzene rings is 2. The third-order valence-corrected chi connectivity index (χ3v) is 5.72. The summed E-state index contributed by atoms with van der Waals surface area (Å²) in [6.45, 7) is 5.38. The Hall–Kier alpha value is -1.75. The standard InChI is InChI=1S/C21H24ClN3O.ClH/c22-19-7-2-1-4-17(19)14-20(26)25-12-10-24(11-13-25)15-18-6-3-5-16-8-9-23-21(16)18;/h1-7,23H,8-15H2;1H. The molecule has 2 aliphatic heterocycles. The van der Waals surface area contributed by atoms with E-state index in [1.807, 2.05) is 29.2 Å². The van der Waals surface area contributed by atoms with Gasteiger partial charge in [0.25, 0.3) is 0 Å². The summed E-state index contributed by atoms with van der Waals surface area (Å²) in [5, 5.41) is 4.19. The van der Waals surface area contributed by atoms with E-state index in [9.17, 15) is 4.79 Å². The van der Waals surface area contributed by atoms with E-state index in [2.05, 4.69) is 28.4 Å². The molecule has 2 heterocycles. The van der Waals surface area contributed by atoms with Crippen LogP contribution in [0.3, 0.4) is 0 Å². The molecular weight excluding hydrogens is 381 g/mol. The summed E-state index contributed by atoms with van der Waals surface area (Å²) >= 11 is 6.18. The Morgan fingerprint density at radius 3 is 2.52 bits per heavy atom. The number of nitrogens with zero attached hydrogens (tertiary/aromatic N) is 2. The quantitative estimate of drug-likeness (QED) is 0.843. The van der Waals surface area contributed by atoms with Gasteiger partial charge in [-0.1, -0.05) is 48.0 Å². The number of carbonyl (C=O) groups excluding carboxylic acids is 1. The molecule has 1 saturated heterocycles. The first kappa shape index (κ1) is 20.0. The molecule has 2 aromatic carbocycles. The van der Waals surface area contributed by atoms with Crippen LogP contribution in [0.15, 0.2) is 42.5 Å². The van der Waals surface area contributed by atoms with Crippen molar-refractivity contribution in [2.24, 2.45) is 0 Å². The highest BCUT2D eigenvalue weighted by Crippen LogP contribution is 2.27. The van der Waals surface area contributed by atoms with Gasteiger partial charge in [-0.25, -0.2) is 0 Å². The maximum atomic E-state index is 12.6. The average Bonchev–Trinajstić information content (AvgIpc) is 3.14. The van der Waals surface area contributed by atoms with Crippen molar-refractivity contribution in [3.05, 3.63) is 64.2 Å². The number of anilines is 1. The van der Waals surface area contributed by atoms with Crippen molar-refractivity contribution in [2.75, 3.05) is 38.0 Å². The van der Waals surface area contributed by atoms with Crippen molar-refractivity contribution < 1.29 is 4.79 Å². The topological polar surface area (TPSA) is 35.6 Å². The summed E-state index contributed by atoms with van der Waals surface area (Å²) in [4.78, 5) is 17.0. The monoisotopic (exact) mass is 405 g/mol. The van der Waals surface area contributed by atoms with E-state index >= 15 is 0 Å². The van der Waals surface area contributed by atoms with Gasteiger partial charge in [-0.05, 0) is 29.2 Å². The number of para-hydroxylation sites is 1. The normalized spacial score (nSPS) is 16.4. The highest BCUT2D eigenvalue weighted by atomic mass is 35.5. The Balaban J connectivity index is 0.00000210. The minimum Gasteiger partial charge on any atom is -0.384 e. The fraction of sp³-hybridized carbons (Fsp3) is 0.381. The van der Waals surface area contributed by atoms with E-state index in [1.165, 1.54) is 16.8 Å². The predicted molar refractivity (Wildman–Crippen MR) is 113 cm³/mol. The zero-order valence-electron chi connectivity index (χ0n) is 15.3. The number of carbonyl (C=O) groups is 1. The van der Waals surface area contributed by atoms with Crippen molar-refractivity contribution in [3.63, 3.8) is 0 Å². The van der Waals surface area contributed by atoms with Crippen LogP contribution < -0.4 is 5.32 Å². The molecular formula is C21H25Cl2N3O. The molecule has 1 amide bonds. The van der Waals surface area contributed by atoms with E-state index in [0.29, 0.717) is 11.4 Å². The van der Waals surface area contributed by atoms with E-state index < -0.39 is 0 Å². The van der Waals surface area contributed by atoms with Gasteiger partial charge in [0, 0.05) is 50.0 Å². The smallest absolute Gasteiger partial charge is 0.227 e. The van der Waals surface area contributed by atoms with Gasteiger partial charge in [-0.15, -0.1) is 12.4 Å². The molecule has 0 aliphatic carbocycles. The van der Waals surface area contributed by atoms with E-state index in [1.54, 1.807) is 0 Å². The van der Waals surface area contributed by atoms with Crippen LogP contribution in [0.2, 0.25) is 5.02 Å². The maximum Gasteiger partial charge on any atom is 0.227 e. The Labute approximate surface area is 171 Å². The summed E-state index contributed by atoms with van der Waals surface area (Å²) < 4.78 is 0. The Kier molecular flexibility index (Phi) is 6.64. The molecule has 0 bridgehead atoms. The first-order chi connectivity index (χ1) is 12.7. The van der Waals surface area contributed by atoms with Crippen LogP contribution in [0.1, 0.15) is 16.7 Å². The van der Waals surface area contributed by atoms with Crippen LogP contribution in [-0.2, 0) is 24.2 Å². The second-order valence-corrected chi connectivity index (χ2v) is 7.46. The molecule has 0 aromatic heterocycles. The van der Waals surface area contributed by atoms with Gasteiger partial charge in [-0.3, -0.25) is 9.69 Å². The van der Waals surface area contributed by atoms with Crippen LogP contribution in [0, 0.1) is 0 Å². The molecule has 1 N–H and O–H groups in total. The summed E-state index contributed by atoms with van der Waals surface area (Å²) in [6, 6.07) is 14.2. The van der Waals surface area contributed by atoms with Crippen LogP contribution in [-0.4, -0.2) is 48.4 Å². The predicted octanol–water partition coefficient (Wildman–Crippen LogP) is 3.62. The third-order valence-electron chi connectivity index (χ3n) is 5.35. The van der Waals surface area contributed by atoms with Gasteiger partial charge in [-0.2, -0.15) is 0 Å². The van der Waals surface area contributed by atoms with Crippen LogP contribution in [0.5, 0.6) is 0 Å². The maximum absolute atomic E-state index is 12.6. The van der Waals surface area contributed by atoms with Gasteiger partial charge in [0.2, 0.25) is 5.91 Å². The van der Waals surface area contributed by atoms with Gasteiger partial charge in [0.1, 0.15) is 0 Å². The lowest BCUT2D eigenvalue weighted by Crippen LogP contribution is -2.48. The molecule has 27 heavy (non-hydrogen) atoms. The average molecular weight is 406 g/mol. The van der Waals surface area contributed by atoms with Crippen molar-refractivity contribution >= 4 is 35.6 Å². The van der Waals surface area contributed by atoms with Crippen molar-refractivity contribution in [1.29, 1.82) is 0 Å². The summed E-state index contributed by atoms with van der Waals surface area (Å²) in [5.41, 5.74) is 5.03. The highest BCUT2D eigenvalue weighted by molar-refractivity contribution is 6.31. The second kappa shape index (κ2) is 8.96. The van der Waals surface area contributed by atoms with Gasteiger partial charge >= 0.3 is 0 Å². The first-order valence-electron chi connectivity index (χ1n) is 9.29. The van der Waals surface area contributed by atoms with E-state index in [-0.39, 0.29) is 18.3 Å². The van der Waals surface area contributed by atoms with Crippen LogP contribution in [0.25, 0.3) is 0 Å². The molecule has 1 fully saturated rings. The number of rotatable bonds is 4. The molecule has 144 valence electrons. The molecule has 0 atom stereocenters.